The standard InChI is InChI=1S/C28H42O4/c1-9-16(4)22(29)20-23(30)18-13-27(24(20)31)14-19(26(7,8)32)25(5,6)28(27)12-17(21(18)28)11-10-15(2)3/h10,16-19,21,31-32H,9,11-14H2,1-8H3/t16?,17?,18?,19-,21?,27-,28+/m0/s1. The molecule has 7 atom stereocenters. The van der Waals surface area contributed by atoms with Gasteiger partial charge in [-0.2, -0.15) is 0 Å². The van der Waals surface area contributed by atoms with E-state index in [-0.39, 0.29) is 57.4 Å². The average molecular weight is 443 g/mol. The van der Waals surface area contributed by atoms with E-state index >= 15 is 0 Å². The molecule has 4 nitrogen and oxygen atoms in total. The van der Waals surface area contributed by atoms with E-state index < -0.39 is 11.0 Å². The summed E-state index contributed by atoms with van der Waals surface area (Å²) >= 11 is 0. The minimum atomic E-state index is -0.898. The number of aliphatic hydroxyl groups is 2. The van der Waals surface area contributed by atoms with Crippen LogP contribution in [0.2, 0.25) is 0 Å². The van der Waals surface area contributed by atoms with Gasteiger partial charge in [0.25, 0.3) is 0 Å². The van der Waals surface area contributed by atoms with Crippen molar-refractivity contribution in [2.24, 2.45) is 45.8 Å². The second-order valence-electron chi connectivity index (χ2n) is 12.8. The number of aliphatic hydroxyl groups excluding tert-OH is 1. The van der Waals surface area contributed by atoms with Gasteiger partial charge in [-0.05, 0) is 88.4 Å². The van der Waals surface area contributed by atoms with Crippen molar-refractivity contribution in [3.63, 3.8) is 0 Å². The van der Waals surface area contributed by atoms with E-state index in [1.807, 2.05) is 27.7 Å². The molecule has 3 fully saturated rings. The molecular weight excluding hydrogens is 400 g/mol. The molecule has 2 spiro atoms. The van der Waals surface area contributed by atoms with E-state index in [9.17, 15) is 19.8 Å². The molecule has 0 aromatic rings. The molecule has 4 aliphatic carbocycles. The van der Waals surface area contributed by atoms with Crippen LogP contribution in [0, 0.1) is 45.8 Å². The van der Waals surface area contributed by atoms with Crippen LogP contribution in [0.1, 0.15) is 87.5 Å². The van der Waals surface area contributed by atoms with Gasteiger partial charge in [0, 0.05) is 17.3 Å². The number of fused-ring (bicyclic) bond motifs is 2. The molecule has 0 aliphatic heterocycles. The normalized spacial score (nSPS) is 40.5. The van der Waals surface area contributed by atoms with Gasteiger partial charge in [-0.1, -0.05) is 39.3 Å². The fourth-order valence-electron chi connectivity index (χ4n) is 8.90. The molecule has 3 saturated carbocycles. The molecule has 0 amide bonds. The van der Waals surface area contributed by atoms with Crippen LogP contribution in [-0.4, -0.2) is 27.4 Å². The molecule has 2 bridgehead atoms. The van der Waals surface area contributed by atoms with Crippen LogP contribution in [0.3, 0.4) is 0 Å². The molecule has 178 valence electrons. The molecule has 0 heterocycles. The quantitative estimate of drug-likeness (QED) is 0.403. The van der Waals surface area contributed by atoms with Crippen molar-refractivity contribution in [2.75, 3.05) is 0 Å². The third-order valence-electron chi connectivity index (χ3n) is 10.4. The summed E-state index contributed by atoms with van der Waals surface area (Å²) in [5, 5.41) is 23.0. The molecule has 4 unspecified atom stereocenters. The molecule has 0 saturated heterocycles. The maximum atomic E-state index is 13.7. The third-order valence-corrected chi connectivity index (χ3v) is 10.4. The predicted octanol–water partition coefficient (Wildman–Crippen LogP) is 5.80. The Morgan fingerprint density at radius 2 is 1.84 bits per heavy atom. The highest BCUT2D eigenvalue weighted by Crippen LogP contribution is 2.87. The first-order valence-corrected chi connectivity index (χ1v) is 12.5. The van der Waals surface area contributed by atoms with Gasteiger partial charge in [0.2, 0.25) is 0 Å². The topological polar surface area (TPSA) is 74.6 Å². The van der Waals surface area contributed by atoms with Crippen LogP contribution in [0.5, 0.6) is 0 Å². The van der Waals surface area contributed by atoms with E-state index in [0.717, 1.165) is 12.8 Å². The van der Waals surface area contributed by atoms with Gasteiger partial charge in [-0.3, -0.25) is 9.59 Å². The van der Waals surface area contributed by atoms with Crippen molar-refractivity contribution in [2.45, 2.75) is 93.1 Å². The van der Waals surface area contributed by atoms with Crippen LogP contribution in [0.15, 0.2) is 23.0 Å². The summed E-state index contributed by atoms with van der Waals surface area (Å²) in [4.78, 5) is 27.1. The van der Waals surface area contributed by atoms with Gasteiger partial charge in [0.05, 0.1) is 11.2 Å². The monoisotopic (exact) mass is 442 g/mol. The Morgan fingerprint density at radius 1 is 1.22 bits per heavy atom. The zero-order chi connectivity index (χ0) is 24.0. The van der Waals surface area contributed by atoms with Gasteiger partial charge in [-0.25, -0.2) is 0 Å². The number of carbonyl (C=O) groups is 2. The van der Waals surface area contributed by atoms with Crippen LogP contribution in [0.25, 0.3) is 0 Å². The van der Waals surface area contributed by atoms with E-state index in [2.05, 4.69) is 33.8 Å². The Kier molecular flexibility index (Phi) is 5.22. The maximum Gasteiger partial charge on any atom is 0.173 e. The summed E-state index contributed by atoms with van der Waals surface area (Å²) in [5.41, 5.74) is -0.615. The maximum absolute atomic E-state index is 13.7. The Balaban J connectivity index is 1.91. The summed E-state index contributed by atoms with van der Waals surface area (Å²) in [7, 11) is 0. The second-order valence-corrected chi connectivity index (χ2v) is 12.8. The Labute approximate surface area is 193 Å². The van der Waals surface area contributed by atoms with Crippen molar-refractivity contribution in [1.82, 2.24) is 0 Å². The van der Waals surface area contributed by atoms with E-state index in [0.29, 0.717) is 25.2 Å². The molecule has 0 aromatic heterocycles. The molecule has 32 heavy (non-hydrogen) atoms. The number of hydrogen-bond donors (Lipinski definition) is 2. The first kappa shape index (κ1) is 23.7. The summed E-state index contributed by atoms with van der Waals surface area (Å²) in [5.74, 6) is -0.204. The van der Waals surface area contributed by atoms with Gasteiger partial charge >= 0.3 is 0 Å². The molecule has 0 aromatic carbocycles. The zero-order valence-electron chi connectivity index (χ0n) is 21.2. The SMILES string of the molecule is CCC(C)C(=O)C1=C(O)[C@@]23CC(C1=O)C1C(CC=C(C)C)C[C@]12C(C)(C)[C@@H](C(C)(C)O)C3. The Bertz CT molecular complexity index is 912. The van der Waals surface area contributed by atoms with E-state index in [1.54, 1.807) is 0 Å². The first-order chi connectivity index (χ1) is 14.7. The highest BCUT2D eigenvalue weighted by atomic mass is 16.3. The summed E-state index contributed by atoms with van der Waals surface area (Å²) in [6.45, 7) is 16.2. The van der Waals surface area contributed by atoms with E-state index in [1.165, 1.54) is 5.57 Å². The average Bonchev–Trinajstić information content (AvgIpc) is 3.01. The molecule has 0 radical (unpaired) electrons. The van der Waals surface area contributed by atoms with Crippen LogP contribution in [0.4, 0.5) is 0 Å². The predicted molar refractivity (Wildman–Crippen MR) is 126 cm³/mol. The molecule has 2 N–H and O–H groups in total. The van der Waals surface area contributed by atoms with Crippen LogP contribution >= 0.6 is 0 Å². The lowest BCUT2D eigenvalue weighted by molar-refractivity contribution is -0.169. The lowest BCUT2D eigenvalue weighted by Gasteiger charge is -2.63. The highest BCUT2D eigenvalue weighted by molar-refractivity contribution is 6.23. The van der Waals surface area contributed by atoms with Gasteiger partial charge < -0.3 is 10.2 Å². The van der Waals surface area contributed by atoms with Crippen molar-refractivity contribution in [3.8, 4) is 0 Å². The Hall–Kier alpha value is -1.42. The van der Waals surface area contributed by atoms with E-state index in [4.69, 9.17) is 0 Å². The molecule has 4 heteroatoms. The van der Waals surface area contributed by atoms with Gasteiger partial charge in [0.15, 0.2) is 11.6 Å². The number of ketones is 2. The van der Waals surface area contributed by atoms with Crippen molar-refractivity contribution in [3.05, 3.63) is 23.0 Å². The van der Waals surface area contributed by atoms with Gasteiger partial charge in [-0.15, -0.1) is 0 Å². The summed E-state index contributed by atoms with van der Waals surface area (Å²) < 4.78 is 0. The molecular formula is C28H42O4. The van der Waals surface area contributed by atoms with Crippen molar-refractivity contribution < 1.29 is 19.8 Å². The van der Waals surface area contributed by atoms with Crippen molar-refractivity contribution in [1.29, 1.82) is 0 Å². The Morgan fingerprint density at radius 3 is 2.38 bits per heavy atom. The number of rotatable bonds is 6. The zero-order valence-corrected chi connectivity index (χ0v) is 21.2. The summed E-state index contributed by atoms with van der Waals surface area (Å²) in [6, 6.07) is 0. The van der Waals surface area contributed by atoms with Crippen molar-refractivity contribution >= 4 is 11.6 Å². The third kappa shape index (κ3) is 2.65. The van der Waals surface area contributed by atoms with Crippen LogP contribution < -0.4 is 0 Å². The largest absolute Gasteiger partial charge is 0.511 e. The number of allylic oxidation sites excluding steroid dienone is 4. The fourth-order valence-corrected chi connectivity index (χ4v) is 8.90. The molecule has 4 aliphatic rings. The minimum absolute atomic E-state index is 0.0156. The van der Waals surface area contributed by atoms with Crippen LogP contribution in [-0.2, 0) is 9.59 Å². The lowest BCUT2D eigenvalue weighted by atomic mass is 9.40. The minimum Gasteiger partial charge on any atom is -0.511 e. The lowest BCUT2D eigenvalue weighted by Crippen LogP contribution is -2.59. The number of carbonyl (C=O) groups excluding carboxylic acids is 2. The second kappa shape index (κ2) is 7.04. The first-order valence-electron chi connectivity index (χ1n) is 12.5. The highest BCUT2D eigenvalue weighted by Gasteiger charge is 2.84. The number of Topliss-reactive ketones (excluding diaryl/α,β-unsaturated/α-hetero) is 2. The van der Waals surface area contributed by atoms with Gasteiger partial charge in [0.1, 0.15) is 5.76 Å². The summed E-state index contributed by atoms with van der Waals surface area (Å²) in [6.07, 6.45) is 6.07. The molecule has 4 rings (SSSR count). The number of hydrogen-bond acceptors (Lipinski definition) is 4. The fraction of sp³-hybridized carbons (Fsp3) is 0.786. The smallest absolute Gasteiger partial charge is 0.173 e.